The Labute approximate surface area is 422 Å². The van der Waals surface area contributed by atoms with E-state index in [0.29, 0.717) is 44.9 Å². The van der Waals surface area contributed by atoms with Crippen LogP contribution in [0.1, 0.15) is 53.4 Å². The van der Waals surface area contributed by atoms with Crippen LogP contribution in [0.2, 0.25) is 0 Å². The maximum absolute atomic E-state index is 9.49. The maximum Gasteiger partial charge on any atom is 0.178 e. The SMILES string of the molecule is [2H]c1c([2H])c2c3cc4ccc(N(c5ccc(-c6ccccc6)cc5)c5cccc(C(C)C)c5)cc4cc3oc2c2oc3cc4cc(N(c5ccc(-c6ccccc6)cc5)c5cccc(C(C)C)c5)ccc4cc3c12. The molecular formula is C68H52N2O2. The van der Waals surface area contributed by atoms with Gasteiger partial charge in [-0.15, -0.1) is 0 Å². The van der Waals surface area contributed by atoms with E-state index in [9.17, 15) is 2.74 Å². The monoisotopic (exact) mass is 930 g/mol. The van der Waals surface area contributed by atoms with Crippen LogP contribution in [0, 0.1) is 0 Å². The Morgan fingerprint density at radius 2 is 0.694 bits per heavy atom. The van der Waals surface area contributed by atoms with Crippen LogP contribution in [0.25, 0.3) is 87.7 Å². The van der Waals surface area contributed by atoms with Gasteiger partial charge in [0.05, 0.1) is 2.74 Å². The summed E-state index contributed by atoms with van der Waals surface area (Å²) in [4.78, 5) is 4.63. The fraction of sp³-hybridized carbons (Fsp3) is 0.0882. The Bertz CT molecular complexity index is 3990. The summed E-state index contributed by atoms with van der Waals surface area (Å²) in [7, 11) is 0. The van der Waals surface area contributed by atoms with Crippen LogP contribution in [0.5, 0.6) is 0 Å². The zero-order chi connectivity index (χ0) is 50.2. The first-order chi connectivity index (χ1) is 36.1. The molecule has 2 aromatic heterocycles. The summed E-state index contributed by atoms with van der Waals surface area (Å²) in [5.74, 6) is 0.742. The number of nitrogens with zero attached hydrogens (tertiary/aromatic N) is 2. The standard InChI is InChI=1S/C68H52N2O2/c1-43(2)49-17-11-19-57(35-49)69(55-27-21-47(22-28-55)45-13-7-5-8-14-45)59-31-25-51-39-63-61-33-34-62-64-40-52-26-32-60(38-54(52)42-66(64)72-68(62)67(61)71-65(63)41-53(51)37-59)70(58-20-12-18-50(36-58)44(3)4)56-29-23-48(24-30-56)46-15-9-6-10-16-46/h5-44H,1-4H3/i33D,34D. The Morgan fingerprint density at radius 1 is 0.319 bits per heavy atom. The topological polar surface area (TPSA) is 32.8 Å². The molecule has 0 aliphatic rings. The molecule has 4 nitrogen and oxygen atoms in total. The third-order valence-electron chi connectivity index (χ3n) is 14.4. The quantitative estimate of drug-likeness (QED) is 0.137. The average molecular weight is 931 g/mol. The van der Waals surface area contributed by atoms with Gasteiger partial charge in [-0.25, -0.2) is 0 Å². The molecule has 0 spiro atoms. The zero-order valence-electron chi connectivity index (χ0n) is 42.7. The van der Waals surface area contributed by atoms with E-state index in [4.69, 9.17) is 8.83 Å². The number of benzene rings is 11. The molecular weight excluding hydrogens is 877 g/mol. The van der Waals surface area contributed by atoms with Crippen molar-refractivity contribution in [1.29, 1.82) is 0 Å². The average Bonchev–Trinajstić information content (AvgIpc) is 4.04. The highest BCUT2D eigenvalue weighted by Gasteiger charge is 2.21. The molecule has 0 radical (unpaired) electrons. The number of rotatable bonds is 10. The van der Waals surface area contributed by atoms with Crippen molar-refractivity contribution in [3.05, 3.63) is 242 Å². The van der Waals surface area contributed by atoms with E-state index in [1.54, 1.807) is 0 Å². The minimum absolute atomic E-state index is 0.119. The highest BCUT2D eigenvalue weighted by molar-refractivity contribution is 6.21. The van der Waals surface area contributed by atoms with Gasteiger partial charge >= 0.3 is 0 Å². The lowest BCUT2D eigenvalue weighted by molar-refractivity contribution is 0.634. The lowest BCUT2D eigenvalue weighted by Crippen LogP contribution is -2.10. The second-order valence-electron chi connectivity index (χ2n) is 19.6. The first-order valence-electron chi connectivity index (χ1n) is 25.9. The van der Waals surface area contributed by atoms with Crippen LogP contribution in [0.3, 0.4) is 0 Å². The molecule has 0 bridgehead atoms. The largest absolute Gasteiger partial charge is 0.452 e. The van der Waals surface area contributed by atoms with Crippen LogP contribution in [0.4, 0.5) is 34.1 Å². The van der Waals surface area contributed by atoms with Gasteiger partial charge in [-0.1, -0.05) is 149 Å². The first-order valence-corrected chi connectivity index (χ1v) is 24.9. The second-order valence-corrected chi connectivity index (χ2v) is 19.6. The smallest absolute Gasteiger partial charge is 0.178 e. The number of furan rings is 2. The molecule has 0 N–H and O–H groups in total. The van der Waals surface area contributed by atoms with E-state index in [0.717, 1.165) is 77.6 Å². The Kier molecular flexibility index (Phi) is 9.97. The van der Waals surface area contributed by atoms with Crippen molar-refractivity contribution in [3.63, 3.8) is 0 Å². The van der Waals surface area contributed by atoms with Gasteiger partial charge in [-0.3, -0.25) is 0 Å². The number of anilines is 6. The number of hydrogen-bond acceptors (Lipinski definition) is 4. The summed E-state index contributed by atoms with van der Waals surface area (Å²) in [6.07, 6.45) is 0. The molecule has 0 atom stereocenters. The fourth-order valence-electron chi connectivity index (χ4n) is 10.4. The van der Waals surface area contributed by atoms with Crippen molar-refractivity contribution in [3.8, 4) is 22.3 Å². The summed E-state index contributed by atoms with van der Waals surface area (Å²) >= 11 is 0. The Morgan fingerprint density at radius 3 is 1.10 bits per heavy atom. The summed E-state index contributed by atoms with van der Waals surface area (Å²) in [6.45, 7) is 8.91. The van der Waals surface area contributed by atoms with Crippen molar-refractivity contribution in [2.45, 2.75) is 39.5 Å². The van der Waals surface area contributed by atoms with Gasteiger partial charge in [0.2, 0.25) is 0 Å². The molecule has 0 aliphatic carbocycles. The summed E-state index contributed by atoms with van der Waals surface area (Å²) in [5.41, 5.74) is 15.7. The predicted octanol–water partition coefficient (Wildman–Crippen LogP) is 20.3. The minimum Gasteiger partial charge on any atom is -0.452 e. The molecule has 13 rings (SSSR count). The predicted molar refractivity (Wildman–Crippen MR) is 304 cm³/mol. The summed E-state index contributed by atoms with van der Waals surface area (Å²) in [5, 5.41) is 6.74. The maximum atomic E-state index is 9.49. The highest BCUT2D eigenvalue weighted by Crippen LogP contribution is 2.44. The van der Waals surface area contributed by atoms with Gasteiger partial charge in [-0.2, -0.15) is 0 Å². The van der Waals surface area contributed by atoms with E-state index < -0.39 is 0 Å². The fourth-order valence-corrected chi connectivity index (χ4v) is 10.4. The molecule has 72 heavy (non-hydrogen) atoms. The van der Waals surface area contributed by atoms with Gasteiger partial charge in [-0.05, 0) is 176 Å². The number of fused-ring (bicyclic) bond motifs is 9. The molecule has 346 valence electrons. The van der Waals surface area contributed by atoms with Gasteiger partial charge < -0.3 is 18.6 Å². The molecule has 0 aliphatic heterocycles. The van der Waals surface area contributed by atoms with E-state index in [-0.39, 0.29) is 12.1 Å². The van der Waals surface area contributed by atoms with Crippen LogP contribution >= 0.6 is 0 Å². The van der Waals surface area contributed by atoms with Crippen molar-refractivity contribution in [1.82, 2.24) is 0 Å². The van der Waals surface area contributed by atoms with Gasteiger partial charge in [0.15, 0.2) is 11.2 Å². The lowest BCUT2D eigenvalue weighted by atomic mass is 10.0. The molecule has 13 aromatic rings. The summed E-state index contributed by atoms with van der Waals surface area (Å²) in [6, 6.07) is 77.7. The second kappa shape index (κ2) is 17.5. The molecule has 0 unspecified atom stereocenters. The zero-order valence-corrected chi connectivity index (χ0v) is 40.7. The summed E-state index contributed by atoms with van der Waals surface area (Å²) < 4.78 is 32.6. The van der Waals surface area contributed by atoms with Gasteiger partial charge in [0.25, 0.3) is 0 Å². The first kappa shape index (κ1) is 41.0. The van der Waals surface area contributed by atoms with Crippen molar-refractivity contribution >= 4 is 99.5 Å². The molecule has 0 saturated heterocycles. The van der Waals surface area contributed by atoms with E-state index in [1.807, 2.05) is 12.1 Å². The highest BCUT2D eigenvalue weighted by atomic mass is 16.4. The van der Waals surface area contributed by atoms with Gasteiger partial charge in [0.1, 0.15) is 11.2 Å². The van der Waals surface area contributed by atoms with E-state index >= 15 is 0 Å². The molecule has 4 heteroatoms. The third kappa shape index (κ3) is 7.64. The molecule has 11 aromatic carbocycles. The third-order valence-corrected chi connectivity index (χ3v) is 14.4. The van der Waals surface area contributed by atoms with Crippen LogP contribution in [-0.4, -0.2) is 0 Å². The van der Waals surface area contributed by atoms with Crippen LogP contribution in [0.15, 0.2) is 239 Å². The van der Waals surface area contributed by atoms with Crippen LogP contribution in [-0.2, 0) is 0 Å². The Hall–Kier alpha value is -8.86. The van der Waals surface area contributed by atoms with E-state index in [2.05, 4.69) is 244 Å². The van der Waals surface area contributed by atoms with Crippen LogP contribution < -0.4 is 9.80 Å². The molecule has 0 saturated carbocycles. The number of hydrogen-bond donors (Lipinski definition) is 0. The van der Waals surface area contributed by atoms with Gasteiger partial charge in [0, 0.05) is 55.7 Å². The normalized spacial score (nSPS) is 12.2. The van der Waals surface area contributed by atoms with E-state index in [1.165, 1.54) is 22.3 Å². The van der Waals surface area contributed by atoms with Crippen molar-refractivity contribution in [2.75, 3.05) is 9.80 Å². The lowest BCUT2D eigenvalue weighted by Gasteiger charge is -2.27. The Balaban J connectivity index is 0.918. The molecule has 2 heterocycles. The van der Waals surface area contributed by atoms with Crippen molar-refractivity contribution < 1.29 is 11.6 Å². The van der Waals surface area contributed by atoms with Crippen molar-refractivity contribution in [2.24, 2.45) is 0 Å². The minimum atomic E-state index is 0.119. The molecule has 0 amide bonds. The molecule has 0 fully saturated rings.